The Morgan fingerprint density at radius 1 is 1.00 bits per heavy atom. The summed E-state index contributed by atoms with van der Waals surface area (Å²) >= 11 is 5.77. The molecule has 0 aromatic carbocycles. The van der Waals surface area contributed by atoms with E-state index in [0.717, 1.165) is 0 Å². The first-order valence-electron chi connectivity index (χ1n) is 4.81. The summed E-state index contributed by atoms with van der Waals surface area (Å²) in [4.78, 5) is 22.8. The molecule has 0 aliphatic carbocycles. The molecule has 0 aromatic rings. The zero-order chi connectivity index (χ0) is 11.8. The van der Waals surface area contributed by atoms with Gasteiger partial charge in [-0.2, -0.15) is 0 Å². The molecular formula is C10H15ClO4. The second-order valence-corrected chi connectivity index (χ2v) is 3.03. The van der Waals surface area contributed by atoms with Gasteiger partial charge in [0.1, 0.15) is 0 Å². The van der Waals surface area contributed by atoms with Crippen molar-refractivity contribution in [2.24, 2.45) is 0 Å². The molecule has 0 saturated heterocycles. The number of ether oxygens (including phenoxy) is 2. The van der Waals surface area contributed by atoms with Crippen molar-refractivity contribution in [1.82, 2.24) is 0 Å². The molecule has 0 N–H and O–H groups in total. The van der Waals surface area contributed by atoms with Gasteiger partial charge >= 0.3 is 11.9 Å². The van der Waals surface area contributed by atoms with E-state index in [-0.39, 0.29) is 23.8 Å². The molecule has 0 atom stereocenters. The Bertz CT molecular complexity index is 251. The number of hydrogen-bond acceptors (Lipinski definition) is 4. The maximum atomic E-state index is 11.4. The Morgan fingerprint density at radius 2 is 1.40 bits per heavy atom. The van der Waals surface area contributed by atoms with E-state index in [1.165, 1.54) is 0 Å². The molecule has 0 aliphatic rings. The van der Waals surface area contributed by atoms with E-state index >= 15 is 0 Å². The second-order valence-electron chi connectivity index (χ2n) is 2.57. The molecule has 0 unspecified atom stereocenters. The first-order chi connectivity index (χ1) is 7.08. The van der Waals surface area contributed by atoms with Crippen LogP contribution in [0.5, 0.6) is 0 Å². The fourth-order valence-corrected chi connectivity index (χ4v) is 1.04. The Hall–Kier alpha value is -1.03. The van der Waals surface area contributed by atoms with Crippen LogP contribution in [0.1, 0.15) is 27.2 Å². The van der Waals surface area contributed by atoms with Gasteiger partial charge in [-0.1, -0.05) is 18.5 Å². The van der Waals surface area contributed by atoms with E-state index in [1.807, 2.05) is 0 Å². The number of carbonyl (C=O) groups is 2. The van der Waals surface area contributed by atoms with Crippen LogP contribution in [-0.2, 0) is 19.1 Å². The van der Waals surface area contributed by atoms with Crippen molar-refractivity contribution >= 4 is 23.5 Å². The molecule has 0 radical (unpaired) electrons. The number of halogens is 1. The normalized spacial score (nSPS) is 9.33. The van der Waals surface area contributed by atoms with Gasteiger partial charge < -0.3 is 9.47 Å². The second kappa shape index (κ2) is 7.29. The van der Waals surface area contributed by atoms with Gasteiger partial charge in [0.2, 0.25) is 0 Å². The fourth-order valence-electron chi connectivity index (χ4n) is 0.888. The Kier molecular flexibility index (Phi) is 6.79. The number of allylic oxidation sites excluding steroid dienone is 1. The Labute approximate surface area is 94.2 Å². The maximum Gasteiger partial charge on any atom is 0.346 e. The molecule has 0 spiro atoms. The topological polar surface area (TPSA) is 52.6 Å². The van der Waals surface area contributed by atoms with Crippen LogP contribution < -0.4 is 0 Å². The molecule has 0 aromatic heterocycles. The highest BCUT2D eigenvalue weighted by Gasteiger charge is 2.24. The van der Waals surface area contributed by atoms with Crippen LogP contribution >= 0.6 is 11.6 Å². The Balaban J connectivity index is 4.90. The van der Waals surface area contributed by atoms with Crippen molar-refractivity contribution in [3.63, 3.8) is 0 Å². The van der Waals surface area contributed by atoms with Crippen molar-refractivity contribution in [3.8, 4) is 0 Å². The fraction of sp³-hybridized carbons (Fsp3) is 0.600. The van der Waals surface area contributed by atoms with Crippen LogP contribution in [0.4, 0.5) is 0 Å². The number of rotatable bonds is 5. The summed E-state index contributed by atoms with van der Waals surface area (Å²) in [6.07, 6.45) is 0.383. The van der Waals surface area contributed by atoms with Gasteiger partial charge in [0.15, 0.2) is 5.57 Å². The third kappa shape index (κ3) is 4.34. The minimum absolute atomic E-state index is 0.159. The molecular weight excluding hydrogens is 220 g/mol. The van der Waals surface area contributed by atoms with Gasteiger partial charge in [-0.15, -0.1) is 0 Å². The third-order valence-corrected chi connectivity index (χ3v) is 2.00. The van der Waals surface area contributed by atoms with E-state index in [2.05, 4.69) is 0 Å². The molecule has 0 bridgehead atoms. The smallest absolute Gasteiger partial charge is 0.346 e. The van der Waals surface area contributed by atoms with Crippen LogP contribution in [-0.4, -0.2) is 25.2 Å². The molecule has 0 heterocycles. The summed E-state index contributed by atoms with van der Waals surface area (Å²) in [5.74, 6) is -1.47. The zero-order valence-electron chi connectivity index (χ0n) is 9.13. The molecule has 86 valence electrons. The molecule has 4 nitrogen and oxygen atoms in total. The van der Waals surface area contributed by atoms with E-state index < -0.39 is 11.9 Å². The van der Waals surface area contributed by atoms with Gasteiger partial charge in [0, 0.05) is 5.03 Å². The van der Waals surface area contributed by atoms with Gasteiger partial charge in [-0.3, -0.25) is 0 Å². The number of esters is 2. The lowest BCUT2D eigenvalue weighted by molar-refractivity contribution is -0.146. The SMILES string of the molecule is CCOC(=O)C(C(=O)OCC)=C(Cl)CC. The van der Waals surface area contributed by atoms with Crippen molar-refractivity contribution in [1.29, 1.82) is 0 Å². The van der Waals surface area contributed by atoms with Crippen molar-refractivity contribution in [2.75, 3.05) is 13.2 Å². The summed E-state index contributed by atoms with van der Waals surface area (Å²) in [5.41, 5.74) is -0.206. The number of carbonyl (C=O) groups excluding carboxylic acids is 2. The summed E-state index contributed by atoms with van der Waals surface area (Å²) in [7, 11) is 0. The summed E-state index contributed by atoms with van der Waals surface area (Å²) in [5, 5.41) is 0.159. The first kappa shape index (κ1) is 14.0. The predicted molar refractivity (Wildman–Crippen MR) is 56.4 cm³/mol. The lowest BCUT2D eigenvalue weighted by Crippen LogP contribution is -2.19. The standard InChI is InChI=1S/C10H15ClO4/c1-4-7(11)8(9(12)14-5-2)10(13)15-6-3/h4-6H2,1-3H3. The highest BCUT2D eigenvalue weighted by atomic mass is 35.5. The van der Waals surface area contributed by atoms with Crippen LogP contribution in [0.2, 0.25) is 0 Å². The average Bonchev–Trinajstić information content (AvgIpc) is 2.18. The summed E-state index contributed by atoms with van der Waals surface area (Å²) < 4.78 is 9.42. The lowest BCUT2D eigenvalue weighted by atomic mass is 10.2. The zero-order valence-corrected chi connectivity index (χ0v) is 9.89. The molecule has 0 fully saturated rings. The molecule has 15 heavy (non-hydrogen) atoms. The molecule has 0 rings (SSSR count). The molecule has 0 amide bonds. The van der Waals surface area contributed by atoms with E-state index in [0.29, 0.717) is 6.42 Å². The van der Waals surface area contributed by atoms with Crippen molar-refractivity contribution < 1.29 is 19.1 Å². The van der Waals surface area contributed by atoms with Crippen molar-refractivity contribution in [3.05, 3.63) is 10.6 Å². The van der Waals surface area contributed by atoms with Crippen molar-refractivity contribution in [2.45, 2.75) is 27.2 Å². The highest BCUT2D eigenvalue weighted by molar-refractivity contribution is 6.35. The van der Waals surface area contributed by atoms with E-state index in [1.54, 1.807) is 20.8 Å². The monoisotopic (exact) mass is 234 g/mol. The number of hydrogen-bond donors (Lipinski definition) is 0. The minimum Gasteiger partial charge on any atom is -0.462 e. The average molecular weight is 235 g/mol. The summed E-state index contributed by atoms with van der Waals surface area (Å²) in [6.45, 7) is 5.42. The van der Waals surface area contributed by atoms with Crippen LogP contribution in [0, 0.1) is 0 Å². The molecule has 0 saturated carbocycles. The quantitative estimate of drug-likeness (QED) is 0.316. The third-order valence-electron chi connectivity index (χ3n) is 1.54. The maximum absolute atomic E-state index is 11.4. The van der Waals surface area contributed by atoms with Crippen LogP contribution in [0.3, 0.4) is 0 Å². The minimum atomic E-state index is -0.734. The Morgan fingerprint density at radius 3 is 1.67 bits per heavy atom. The predicted octanol–water partition coefficient (Wildman–Crippen LogP) is 2.02. The van der Waals surface area contributed by atoms with Gasteiger partial charge in [-0.05, 0) is 20.3 Å². The van der Waals surface area contributed by atoms with Gasteiger partial charge in [0.05, 0.1) is 13.2 Å². The summed E-state index contributed by atoms with van der Waals surface area (Å²) in [6, 6.07) is 0. The highest BCUT2D eigenvalue weighted by Crippen LogP contribution is 2.16. The van der Waals surface area contributed by atoms with E-state index in [9.17, 15) is 9.59 Å². The molecule has 0 aliphatic heterocycles. The largest absolute Gasteiger partial charge is 0.462 e. The lowest BCUT2D eigenvalue weighted by Gasteiger charge is -2.07. The van der Waals surface area contributed by atoms with Crippen LogP contribution in [0.25, 0.3) is 0 Å². The van der Waals surface area contributed by atoms with Gasteiger partial charge in [0.25, 0.3) is 0 Å². The van der Waals surface area contributed by atoms with Gasteiger partial charge in [-0.25, -0.2) is 9.59 Å². The van der Waals surface area contributed by atoms with E-state index in [4.69, 9.17) is 21.1 Å². The molecule has 5 heteroatoms. The van der Waals surface area contributed by atoms with Crippen LogP contribution in [0.15, 0.2) is 10.6 Å². The first-order valence-corrected chi connectivity index (χ1v) is 5.19.